The Kier molecular flexibility index (Phi) is 7.84. The first kappa shape index (κ1) is 10.8. The Balaban J connectivity index is 3.09. The van der Waals surface area contributed by atoms with E-state index in [9.17, 15) is 0 Å². The summed E-state index contributed by atoms with van der Waals surface area (Å²) in [6, 6.07) is 0. The van der Waals surface area contributed by atoms with Crippen molar-refractivity contribution in [1.29, 1.82) is 0 Å². The summed E-state index contributed by atoms with van der Waals surface area (Å²) >= 11 is 5.53. The Bertz CT molecular complexity index is 128. The lowest BCUT2D eigenvalue weighted by atomic mass is 10.2. The van der Waals surface area contributed by atoms with E-state index in [0.717, 1.165) is 18.7 Å². The first-order chi connectivity index (χ1) is 5.27. The van der Waals surface area contributed by atoms with Crippen molar-refractivity contribution in [3.05, 3.63) is 0 Å². The van der Waals surface area contributed by atoms with Crippen molar-refractivity contribution in [2.24, 2.45) is 5.92 Å². The zero-order chi connectivity index (χ0) is 8.53. The fraction of sp³-hybridized carbons (Fsp3) is 0.800. The van der Waals surface area contributed by atoms with Gasteiger partial charge in [-0.05, 0) is 12.8 Å². The molecule has 64 valence electrons. The molecule has 0 fully saturated rings. The van der Waals surface area contributed by atoms with Gasteiger partial charge in [0.05, 0.1) is 0 Å². The predicted molar refractivity (Wildman–Crippen MR) is 51.8 cm³/mol. The molecule has 11 heavy (non-hydrogen) atoms. The molecule has 0 bridgehead atoms. The zero-order valence-corrected chi connectivity index (χ0v) is 8.25. The standard InChI is InChI=1S/C10H17Cl/c1-10(2)8-6-4-3-5-7-9-11/h10H,3-5,7,9H2,1-2H3. The average Bonchev–Trinajstić information content (AvgIpc) is 1.96. The summed E-state index contributed by atoms with van der Waals surface area (Å²) < 4.78 is 0. The monoisotopic (exact) mass is 172 g/mol. The van der Waals surface area contributed by atoms with E-state index in [1.54, 1.807) is 0 Å². The van der Waals surface area contributed by atoms with Gasteiger partial charge in [-0.2, -0.15) is 0 Å². The Morgan fingerprint density at radius 3 is 2.45 bits per heavy atom. The van der Waals surface area contributed by atoms with E-state index in [2.05, 4.69) is 25.7 Å². The molecule has 0 rings (SSSR count). The predicted octanol–water partition coefficient (Wildman–Crippen LogP) is 3.45. The van der Waals surface area contributed by atoms with Crippen molar-refractivity contribution in [3.63, 3.8) is 0 Å². The number of hydrogen-bond acceptors (Lipinski definition) is 0. The highest BCUT2D eigenvalue weighted by molar-refractivity contribution is 6.17. The molecule has 0 N–H and O–H groups in total. The second-order valence-corrected chi connectivity index (χ2v) is 3.35. The molecule has 0 saturated carbocycles. The van der Waals surface area contributed by atoms with Crippen LogP contribution in [0.2, 0.25) is 0 Å². The van der Waals surface area contributed by atoms with Gasteiger partial charge in [-0.25, -0.2) is 0 Å². The molecule has 0 amide bonds. The molecule has 0 heterocycles. The maximum Gasteiger partial charge on any atom is 0.0223 e. The van der Waals surface area contributed by atoms with Gasteiger partial charge in [0.1, 0.15) is 0 Å². The highest BCUT2D eigenvalue weighted by Gasteiger charge is 1.85. The lowest BCUT2D eigenvalue weighted by Gasteiger charge is -1.91. The van der Waals surface area contributed by atoms with Crippen LogP contribution in [0.3, 0.4) is 0 Å². The van der Waals surface area contributed by atoms with Crippen molar-refractivity contribution in [2.75, 3.05) is 5.88 Å². The molecule has 0 spiro atoms. The van der Waals surface area contributed by atoms with Crippen molar-refractivity contribution < 1.29 is 0 Å². The summed E-state index contributed by atoms with van der Waals surface area (Å²) in [4.78, 5) is 0. The van der Waals surface area contributed by atoms with E-state index < -0.39 is 0 Å². The quantitative estimate of drug-likeness (QED) is 0.346. The lowest BCUT2D eigenvalue weighted by Crippen LogP contribution is -1.79. The molecule has 0 aliphatic heterocycles. The molecule has 0 unspecified atom stereocenters. The minimum Gasteiger partial charge on any atom is -0.127 e. The lowest BCUT2D eigenvalue weighted by molar-refractivity contribution is 0.739. The van der Waals surface area contributed by atoms with Gasteiger partial charge in [0.15, 0.2) is 0 Å². The van der Waals surface area contributed by atoms with E-state index in [4.69, 9.17) is 11.6 Å². The maximum atomic E-state index is 5.53. The summed E-state index contributed by atoms with van der Waals surface area (Å²) in [6.45, 7) is 4.23. The topological polar surface area (TPSA) is 0 Å². The molecule has 0 saturated heterocycles. The van der Waals surface area contributed by atoms with E-state index in [1.165, 1.54) is 12.8 Å². The number of halogens is 1. The van der Waals surface area contributed by atoms with Gasteiger partial charge >= 0.3 is 0 Å². The molecule has 0 aromatic carbocycles. The number of rotatable bonds is 4. The van der Waals surface area contributed by atoms with Crippen molar-refractivity contribution in [3.8, 4) is 11.8 Å². The van der Waals surface area contributed by atoms with E-state index in [1.807, 2.05) is 0 Å². The van der Waals surface area contributed by atoms with Gasteiger partial charge in [-0.1, -0.05) is 20.3 Å². The van der Waals surface area contributed by atoms with Crippen LogP contribution in [0.25, 0.3) is 0 Å². The maximum absolute atomic E-state index is 5.53. The van der Waals surface area contributed by atoms with Crippen LogP contribution < -0.4 is 0 Å². The summed E-state index contributed by atoms with van der Waals surface area (Å²) in [5.41, 5.74) is 0. The molecule has 0 aromatic rings. The first-order valence-corrected chi connectivity index (χ1v) is 4.85. The van der Waals surface area contributed by atoms with Crippen LogP contribution in [0.4, 0.5) is 0 Å². The zero-order valence-electron chi connectivity index (χ0n) is 7.49. The van der Waals surface area contributed by atoms with E-state index in [0.29, 0.717) is 5.92 Å². The smallest absolute Gasteiger partial charge is 0.0223 e. The average molecular weight is 173 g/mol. The number of unbranched alkanes of at least 4 members (excludes halogenated alkanes) is 3. The van der Waals surface area contributed by atoms with Gasteiger partial charge in [-0.3, -0.25) is 0 Å². The third-order valence-corrected chi connectivity index (χ3v) is 1.59. The summed E-state index contributed by atoms with van der Waals surface area (Å²) in [5, 5.41) is 0. The number of hydrogen-bond donors (Lipinski definition) is 0. The highest BCUT2D eigenvalue weighted by atomic mass is 35.5. The largest absolute Gasteiger partial charge is 0.127 e. The van der Waals surface area contributed by atoms with Crippen molar-refractivity contribution in [1.82, 2.24) is 0 Å². The second-order valence-electron chi connectivity index (χ2n) is 2.98. The number of alkyl halides is 1. The Morgan fingerprint density at radius 1 is 1.18 bits per heavy atom. The van der Waals surface area contributed by atoms with Crippen molar-refractivity contribution >= 4 is 11.6 Å². The molecule has 0 aliphatic carbocycles. The van der Waals surface area contributed by atoms with E-state index in [-0.39, 0.29) is 0 Å². The summed E-state index contributed by atoms with van der Waals surface area (Å²) in [7, 11) is 0. The third kappa shape index (κ3) is 9.85. The highest BCUT2D eigenvalue weighted by Crippen LogP contribution is 2.00. The minimum atomic E-state index is 0.517. The van der Waals surface area contributed by atoms with Crippen LogP contribution in [0.5, 0.6) is 0 Å². The molecule has 0 radical (unpaired) electrons. The van der Waals surface area contributed by atoms with Gasteiger partial charge < -0.3 is 0 Å². The van der Waals surface area contributed by atoms with Gasteiger partial charge in [0.25, 0.3) is 0 Å². The fourth-order valence-electron chi connectivity index (χ4n) is 0.761. The molecular formula is C10H17Cl. The second kappa shape index (κ2) is 7.95. The van der Waals surface area contributed by atoms with Crippen LogP contribution >= 0.6 is 11.6 Å². The van der Waals surface area contributed by atoms with Crippen molar-refractivity contribution in [2.45, 2.75) is 39.5 Å². The van der Waals surface area contributed by atoms with Crippen LogP contribution in [-0.2, 0) is 0 Å². The Hall–Kier alpha value is -0.150. The van der Waals surface area contributed by atoms with Crippen LogP contribution in [0, 0.1) is 17.8 Å². The van der Waals surface area contributed by atoms with Gasteiger partial charge in [0.2, 0.25) is 0 Å². The molecule has 1 heteroatoms. The van der Waals surface area contributed by atoms with Crippen LogP contribution in [0.1, 0.15) is 39.5 Å². The van der Waals surface area contributed by atoms with Gasteiger partial charge in [-0.15, -0.1) is 23.4 Å². The normalized spacial score (nSPS) is 9.45. The molecule has 0 aliphatic rings. The SMILES string of the molecule is CC(C)C#CCCCCCCl. The molecular weight excluding hydrogens is 156 g/mol. The molecule has 0 aromatic heterocycles. The summed E-state index contributed by atoms with van der Waals surface area (Å²) in [6.07, 6.45) is 4.59. The minimum absolute atomic E-state index is 0.517. The Morgan fingerprint density at radius 2 is 1.91 bits per heavy atom. The fourth-order valence-corrected chi connectivity index (χ4v) is 0.950. The van der Waals surface area contributed by atoms with Crippen LogP contribution in [-0.4, -0.2) is 5.88 Å². The molecule has 0 nitrogen and oxygen atoms in total. The first-order valence-electron chi connectivity index (χ1n) is 4.31. The van der Waals surface area contributed by atoms with Gasteiger partial charge in [0, 0.05) is 18.2 Å². The van der Waals surface area contributed by atoms with E-state index >= 15 is 0 Å². The summed E-state index contributed by atoms with van der Waals surface area (Å²) in [5.74, 6) is 7.60. The Labute approximate surface area is 75.3 Å². The molecule has 0 atom stereocenters. The third-order valence-electron chi connectivity index (χ3n) is 1.33. The van der Waals surface area contributed by atoms with Crippen LogP contribution in [0.15, 0.2) is 0 Å².